The summed E-state index contributed by atoms with van der Waals surface area (Å²) in [7, 11) is 0. The molecular weight excluding hydrogens is 376 g/mol. The van der Waals surface area contributed by atoms with Crippen LogP contribution < -0.4 is 16.0 Å². The van der Waals surface area contributed by atoms with Crippen LogP contribution in [0.3, 0.4) is 0 Å². The molecule has 0 aliphatic carbocycles. The molecule has 29 heavy (non-hydrogen) atoms. The molecule has 0 saturated carbocycles. The van der Waals surface area contributed by atoms with E-state index in [4.69, 9.17) is 0 Å². The highest BCUT2D eigenvalue weighted by Gasteiger charge is 2.29. The average molecular weight is 411 g/mol. The first-order chi connectivity index (χ1) is 13.9. The second-order valence-corrected chi connectivity index (χ2v) is 8.13. The van der Waals surface area contributed by atoms with Gasteiger partial charge >= 0.3 is 5.97 Å². The fourth-order valence-electron chi connectivity index (χ4n) is 3.96. The van der Waals surface area contributed by atoms with E-state index in [2.05, 4.69) is 16.0 Å². The number of amides is 3. The van der Waals surface area contributed by atoms with Gasteiger partial charge in [-0.3, -0.25) is 19.2 Å². The van der Waals surface area contributed by atoms with Crippen LogP contribution in [0.15, 0.2) is 0 Å². The second kappa shape index (κ2) is 11.7. The van der Waals surface area contributed by atoms with Crippen LogP contribution in [-0.4, -0.2) is 73.0 Å². The van der Waals surface area contributed by atoms with Crippen molar-refractivity contribution in [1.29, 1.82) is 0 Å². The zero-order chi connectivity index (χ0) is 21.2. The summed E-state index contributed by atoms with van der Waals surface area (Å²) in [6.07, 6.45) is 5.11. The Kier molecular flexibility index (Phi) is 9.37. The zero-order valence-corrected chi connectivity index (χ0v) is 17.2. The van der Waals surface area contributed by atoms with E-state index in [1.165, 1.54) is 6.92 Å². The summed E-state index contributed by atoms with van der Waals surface area (Å²) >= 11 is 0. The number of aliphatic carboxylic acids is 1. The van der Waals surface area contributed by atoms with Crippen LogP contribution in [0.5, 0.6) is 0 Å². The number of carbonyl (C=O) groups excluding carboxylic acids is 3. The van der Waals surface area contributed by atoms with Gasteiger partial charge in [-0.2, -0.15) is 0 Å². The molecule has 0 aromatic heterocycles. The van der Waals surface area contributed by atoms with Gasteiger partial charge in [-0.25, -0.2) is 0 Å². The van der Waals surface area contributed by atoms with E-state index in [0.29, 0.717) is 31.8 Å². The van der Waals surface area contributed by atoms with Gasteiger partial charge in [0.15, 0.2) is 0 Å². The fraction of sp³-hybridized carbons (Fsp3) is 0.800. The molecular formula is C20H34N4O5. The molecule has 3 amide bonds. The molecule has 0 unspecified atom stereocenters. The van der Waals surface area contributed by atoms with Crippen molar-refractivity contribution in [3.8, 4) is 0 Å². The Morgan fingerprint density at radius 2 is 1.79 bits per heavy atom. The maximum absolute atomic E-state index is 12.6. The highest BCUT2D eigenvalue weighted by atomic mass is 16.4. The molecule has 9 heteroatoms. The summed E-state index contributed by atoms with van der Waals surface area (Å²) in [6, 6.07) is 0. The monoisotopic (exact) mass is 410 g/mol. The topological polar surface area (TPSA) is 128 Å². The molecule has 0 aromatic rings. The quantitative estimate of drug-likeness (QED) is 0.422. The minimum absolute atomic E-state index is 0.0308. The van der Waals surface area contributed by atoms with Gasteiger partial charge in [0.2, 0.25) is 17.7 Å². The van der Waals surface area contributed by atoms with Gasteiger partial charge in [0.25, 0.3) is 0 Å². The summed E-state index contributed by atoms with van der Waals surface area (Å²) in [6.45, 7) is 4.34. The van der Waals surface area contributed by atoms with Crippen LogP contribution in [0.2, 0.25) is 0 Å². The lowest BCUT2D eigenvalue weighted by molar-refractivity contribution is -0.141. The molecule has 0 bridgehead atoms. The highest BCUT2D eigenvalue weighted by molar-refractivity contribution is 5.82. The van der Waals surface area contributed by atoms with Crippen LogP contribution in [-0.2, 0) is 19.2 Å². The third-order valence-electron chi connectivity index (χ3n) is 5.84. The van der Waals surface area contributed by atoms with Crippen molar-refractivity contribution >= 4 is 23.7 Å². The van der Waals surface area contributed by atoms with E-state index in [1.807, 2.05) is 0 Å². The van der Waals surface area contributed by atoms with Gasteiger partial charge in [0.05, 0.1) is 11.8 Å². The Labute approximate surface area is 172 Å². The molecule has 2 saturated heterocycles. The van der Waals surface area contributed by atoms with Crippen molar-refractivity contribution in [2.45, 2.75) is 45.4 Å². The fourth-order valence-corrected chi connectivity index (χ4v) is 3.96. The number of likely N-dealkylation sites (tertiary alicyclic amines) is 1. The van der Waals surface area contributed by atoms with Crippen LogP contribution >= 0.6 is 0 Å². The number of carbonyl (C=O) groups is 4. The average Bonchev–Trinajstić information content (AvgIpc) is 2.72. The van der Waals surface area contributed by atoms with Crippen molar-refractivity contribution in [3.63, 3.8) is 0 Å². The first-order valence-electron chi connectivity index (χ1n) is 10.6. The summed E-state index contributed by atoms with van der Waals surface area (Å²) < 4.78 is 0. The van der Waals surface area contributed by atoms with Gasteiger partial charge in [0.1, 0.15) is 0 Å². The number of hydrogen-bond donors (Lipinski definition) is 4. The van der Waals surface area contributed by atoms with Crippen molar-refractivity contribution in [3.05, 3.63) is 0 Å². The minimum atomic E-state index is -1.07. The number of carboxylic acid groups (broad SMARTS) is 1. The lowest BCUT2D eigenvalue weighted by Gasteiger charge is -2.33. The summed E-state index contributed by atoms with van der Waals surface area (Å²) in [5.41, 5.74) is 0. The maximum Gasteiger partial charge on any atom is 0.310 e. The predicted octanol–water partition coefficient (Wildman–Crippen LogP) is -0.0421. The third-order valence-corrected chi connectivity index (χ3v) is 5.84. The summed E-state index contributed by atoms with van der Waals surface area (Å²) in [4.78, 5) is 49.1. The van der Waals surface area contributed by atoms with E-state index >= 15 is 0 Å². The van der Waals surface area contributed by atoms with Crippen LogP contribution in [0, 0.1) is 17.8 Å². The molecule has 2 aliphatic heterocycles. The zero-order valence-electron chi connectivity index (χ0n) is 17.2. The number of nitrogens with one attached hydrogen (secondary N) is 3. The second-order valence-electron chi connectivity index (χ2n) is 8.13. The van der Waals surface area contributed by atoms with E-state index in [1.54, 1.807) is 4.90 Å². The molecule has 4 N–H and O–H groups in total. The van der Waals surface area contributed by atoms with Crippen molar-refractivity contribution in [1.82, 2.24) is 20.9 Å². The van der Waals surface area contributed by atoms with Crippen molar-refractivity contribution in [2.75, 3.05) is 39.3 Å². The number of rotatable bonds is 9. The molecule has 2 rings (SSSR count). The number of nitrogens with zero attached hydrogens (tertiary/aromatic N) is 1. The first-order valence-corrected chi connectivity index (χ1v) is 10.6. The van der Waals surface area contributed by atoms with E-state index in [-0.39, 0.29) is 36.7 Å². The summed E-state index contributed by atoms with van der Waals surface area (Å²) in [5, 5.41) is 17.7. The van der Waals surface area contributed by atoms with E-state index in [9.17, 15) is 24.3 Å². The smallest absolute Gasteiger partial charge is 0.310 e. The van der Waals surface area contributed by atoms with Crippen LogP contribution in [0.4, 0.5) is 0 Å². The van der Waals surface area contributed by atoms with E-state index in [0.717, 1.165) is 38.8 Å². The Morgan fingerprint density at radius 3 is 2.45 bits per heavy atom. The lowest BCUT2D eigenvalue weighted by atomic mass is 9.92. The van der Waals surface area contributed by atoms with Crippen molar-refractivity contribution in [2.24, 2.45) is 17.8 Å². The lowest BCUT2D eigenvalue weighted by Crippen LogP contribution is -2.47. The maximum atomic E-state index is 12.6. The van der Waals surface area contributed by atoms with Crippen LogP contribution in [0.1, 0.15) is 45.4 Å². The van der Waals surface area contributed by atoms with Gasteiger partial charge in [-0.05, 0) is 51.1 Å². The summed E-state index contributed by atoms with van der Waals surface area (Å²) in [5.74, 6) is -2.10. The van der Waals surface area contributed by atoms with Gasteiger partial charge in [0, 0.05) is 39.5 Å². The molecule has 2 fully saturated rings. The first kappa shape index (κ1) is 23.1. The normalized spacial score (nSPS) is 21.3. The van der Waals surface area contributed by atoms with Crippen LogP contribution in [0.25, 0.3) is 0 Å². The highest BCUT2D eigenvalue weighted by Crippen LogP contribution is 2.21. The molecule has 164 valence electrons. The number of hydrogen-bond acceptors (Lipinski definition) is 5. The van der Waals surface area contributed by atoms with Crippen molar-refractivity contribution < 1.29 is 24.3 Å². The number of carboxylic acids is 1. The molecule has 0 radical (unpaired) electrons. The molecule has 0 aromatic carbocycles. The Morgan fingerprint density at radius 1 is 1.10 bits per heavy atom. The van der Waals surface area contributed by atoms with Gasteiger partial charge in [-0.1, -0.05) is 0 Å². The number of piperidine rings is 2. The molecule has 2 heterocycles. The third kappa shape index (κ3) is 8.00. The Bertz CT molecular complexity index is 591. The minimum Gasteiger partial charge on any atom is -0.481 e. The Balaban J connectivity index is 1.76. The van der Waals surface area contributed by atoms with Gasteiger partial charge in [-0.15, -0.1) is 0 Å². The molecule has 0 spiro atoms. The van der Waals surface area contributed by atoms with Gasteiger partial charge < -0.3 is 26.0 Å². The molecule has 2 atom stereocenters. The molecule has 2 aliphatic rings. The standard InChI is InChI=1S/C20H34N4O5/c1-14(25)22-11-17(20(28)29)12-23-19(27)16-3-2-10-24(13-16)18(26)5-4-15-6-8-21-9-7-15/h15-17,21H,2-13H2,1H3,(H,22,25)(H,23,27)(H,28,29)/t16-,17+/m1/s1. The largest absolute Gasteiger partial charge is 0.481 e. The Hall–Kier alpha value is -2.16. The predicted molar refractivity (Wildman–Crippen MR) is 107 cm³/mol. The molecule has 9 nitrogen and oxygen atoms in total. The SMILES string of the molecule is CC(=O)NC[C@@H](CNC(=O)[C@@H]1CCCN(C(=O)CCC2CCNCC2)C1)C(=O)O. The van der Waals surface area contributed by atoms with E-state index < -0.39 is 11.9 Å².